The van der Waals surface area contributed by atoms with E-state index in [0.717, 1.165) is 12.1 Å². The van der Waals surface area contributed by atoms with Gasteiger partial charge in [-0.15, -0.1) is 0 Å². The average molecular weight is 346 g/mol. The summed E-state index contributed by atoms with van der Waals surface area (Å²) in [4.78, 5) is 0. The van der Waals surface area contributed by atoms with Gasteiger partial charge in [0.25, 0.3) is 0 Å². The van der Waals surface area contributed by atoms with Crippen LogP contribution in [0.15, 0.2) is 61.2 Å². The summed E-state index contributed by atoms with van der Waals surface area (Å²) >= 11 is 0. The summed E-state index contributed by atoms with van der Waals surface area (Å²) in [6.07, 6.45) is 7.98. The topological polar surface area (TPSA) is 4.93 Å². The quantitative estimate of drug-likeness (QED) is 0.357. The molecule has 1 heteroatoms. The van der Waals surface area contributed by atoms with Crippen LogP contribution in [-0.2, 0) is 6.54 Å². The molecule has 0 aliphatic carbocycles. The fourth-order valence-electron chi connectivity index (χ4n) is 3.93. The molecule has 1 heterocycles. The number of aryl methyl sites for hydroxylation is 1. The van der Waals surface area contributed by atoms with Crippen molar-refractivity contribution >= 4 is 16.5 Å². The highest BCUT2D eigenvalue weighted by Gasteiger charge is 2.16. The maximum Gasteiger partial charge on any atom is 0.0488 e. The van der Waals surface area contributed by atoms with Crippen molar-refractivity contribution in [2.45, 2.75) is 58.9 Å². The van der Waals surface area contributed by atoms with Gasteiger partial charge in [-0.25, -0.2) is 0 Å². The first kappa shape index (κ1) is 18.5. The highest BCUT2D eigenvalue weighted by atomic mass is 15.0. The number of unbranched alkanes of at least 4 members (excludes halogenated alkanes) is 5. The number of benzene rings is 2. The third-order valence-electron chi connectivity index (χ3n) is 5.39. The molecule has 2 aromatic carbocycles. The van der Waals surface area contributed by atoms with Crippen LogP contribution in [0.3, 0.4) is 0 Å². The Morgan fingerprint density at radius 1 is 0.846 bits per heavy atom. The lowest BCUT2D eigenvalue weighted by molar-refractivity contribution is 0.560. The average Bonchev–Trinajstić information content (AvgIpc) is 2.96. The maximum absolute atomic E-state index is 4.44. The Kier molecular flexibility index (Phi) is 6.33. The number of nitrogens with zero attached hydrogens (tertiary/aromatic N) is 1. The van der Waals surface area contributed by atoms with Gasteiger partial charge in [-0.3, -0.25) is 0 Å². The molecule has 0 unspecified atom stereocenters. The van der Waals surface area contributed by atoms with Crippen molar-refractivity contribution < 1.29 is 0 Å². The number of para-hydroxylation sites is 1. The van der Waals surface area contributed by atoms with Gasteiger partial charge < -0.3 is 4.57 Å². The predicted molar refractivity (Wildman–Crippen MR) is 115 cm³/mol. The molecule has 0 saturated carbocycles. The van der Waals surface area contributed by atoms with E-state index in [-0.39, 0.29) is 0 Å². The van der Waals surface area contributed by atoms with Gasteiger partial charge in [-0.1, -0.05) is 94.1 Å². The predicted octanol–water partition coefficient (Wildman–Crippen LogP) is 7.37. The van der Waals surface area contributed by atoms with Gasteiger partial charge in [0.05, 0.1) is 0 Å². The van der Waals surface area contributed by atoms with Gasteiger partial charge in [0.15, 0.2) is 0 Å². The van der Waals surface area contributed by atoms with E-state index in [1.54, 1.807) is 0 Å². The molecular weight excluding hydrogens is 314 g/mol. The molecule has 1 nitrogen and oxygen atoms in total. The molecule has 1 aromatic heterocycles. The van der Waals surface area contributed by atoms with Crippen LogP contribution in [0.2, 0.25) is 0 Å². The van der Waals surface area contributed by atoms with Crippen molar-refractivity contribution in [3.8, 4) is 0 Å². The second-order valence-electron chi connectivity index (χ2n) is 7.24. The second-order valence-corrected chi connectivity index (χ2v) is 7.24. The molecule has 0 fully saturated rings. The maximum atomic E-state index is 4.44. The fourth-order valence-corrected chi connectivity index (χ4v) is 3.93. The monoisotopic (exact) mass is 345 g/mol. The fraction of sp³-hybridized carbons (Fsp3) is 0.360. The first-order chi connectivity index (χ1) is 12.7. The molecule has 0 spiro atoms. The van der Waals surface area contributed by atoms with Crippen LogP contribution in [0.4, 0.5) is 0 Å². The summed E-state index contributed by atoms with van der Waals surface area (Å²) in [5.41, 5.74) is 6.32. The molecule has 0 bridgehead atoms. The van der Waals surface area contributed by atoms with E-state index in [1.165, 1.54) is 66.2 Å². The summed E-state index contributed by atoms with van der Waals surface area (Å²) in [6, 6.07) is 19.3. The Bertz CT molecular complexity index is 854. The molecule has 136 valence electrons. The molecule has 0 aliphatic heterocycles. The number of aromatic nitrogens is 1. The molecule has 0 aliphatic rings. The Labute approximate surface area is 158 Å². The molecule has 3 aromatic rings. The molecular formula is C25H31N. The molecule has 3 rings (SSSR count). The molecule has 26 heavy (non-hydrogen) atoms. The summed E-state index contributed by atoms with van der Waals surface area (Å²) in [5.74, 6) is 0. The van der Waals surface area contributed by atoms with E-state index in [1.807, 2.05) is 0 Å². The molecule has 0 N–H and O–H groups in total. The molecule has 0 radical (unpaired) electrons. The molecule has 0 amide bonds. The molecule has 0 saturated heterocycles. The van der Waals surface area contributed by atoms with Gasteiger partial charge >= 0.3 is 0 Å². The zero-order valence-electron chi connectivity index (χ0n) is 16.3. The summed E-state index contributed by atoms with van der Waals surface area (Å²) in [6.45, 7) is 10.1. The highest BCUT2D eigenvalue weighted by molar-refractivity contribution is 5.98. The van der Waals surface area contributed by atoms with Crippen LogP contribution in [0.5, 0.6) is 0 Å². The van der Waals surface area contributed by atoms with E-state index in [4.69, 9.17) is 0 Å². The second kappa shape index (κ2) is 8.89. The number of rotatable bonds is 9. The van der Waals surface area contributed by atoms with Gasteiger partial charge in [0.2, 0.25) is 0 Å². The van der Waals surface area contributed by atoms with E-state index in [2.05, 4.69) is 79.6 Å². The van der Waals surface area contributed by atoms with Crippen LogP contribution in [0, 0.1) is 6.92 Å². The summed E-state index contributed by atoms with van der Waals surface area (Å²) in [7, 11) is 0. The van der Waals surface area contributed by atoms with Crippen LogP contribution in [0.1, 0.15) is 62.3 Å². The lowest BCUT2D eigenvalue weighted by Crippen LogP contribution is -2.01. The van der Waals surface area contributed by atoms with Crippen LogP contribution in [0.25, 0.3) is 16.5 Å². The van der Waals surface area contributed by atoms with Crippen LogP contribution >= 0.6 is 0 Å². The van der Waals surface area contributed by atoms with E-state index >= 15 is 0 Å². The van der Waals surface area contributed by atoms with Crippen molar-refractivity contribution in [3.05, 3.63) is 78.0 Å². The van der Waals surface area contributed by atoms with Crippen LogP contribution < -0.4 is 0 Å². The van der Waals surface area contributed by atoms with E-state index in [0.29, 0.717) is 0 Å². The SMILES string of the molecule is C=C(c1ccccc1)c1c(C)n(CCCCCCCC)c2ccccc12. The van der Waals surface area contributed by atoms with Crippen molar-refractivity contribution in [2.24, 2.45) is 0 Å². The lowest BCUT2D eigenvalue weighted by atomic mass is 9.97. The van der Waals surface area contributed by atoms with Crippen molar-refractivity contribution in [3.63, 3.8) is 0 Å². The Balaban J connectivity index is 1.86. The summed E-state index contributed by atoms with van der Waals surface area (Å²) < 4.78 is 2.50. The van der Waals surface area contributed by atoms with E-state index in [9.17, 15) is 0 Å². The zero-order valence-corrected chi connectivity index (χ0v) is 16.3. The summed E-state index contributed by atoms with van der Waals surface area (Å²) in [5, 5.41) is 1.32. The van der Waals surface area contributed by atoms with Gasteiger partial charge in [0.1, 0.15) is 0 Å². The minimum Gasteiger partial charge on any atom is -0.344 e. The van der Waals surface area contributed by atoms with Gasteiger partial charge in [-0.2, -0.15) is 0 Å². The lowest BCUT2D eigenvalue weighted by Gasteiger charge is -2.10. The highest BCUT2D eigenvalue weighted by Crippen LogP contribution is 2.34. The largest absolute Gasteiger partial charge is 0.344 e. The zero-order chi connectivity index (χ0) is 18.4. The normalized spacial score (nSPS) is 11.2. The standard InChI is InChI=1S/C25H31N/c1-4-5-6-7-8-14-19-26-21(3)25(23-17-12-13-18-24(23)26)20(2)22-15-10-9-11-16-22/h9-13,15-18H,2,4-8,14,19H2,1,3H3. The molecule has 0 atom stereocenters. The third kappa shape index (κ3) is 3.93. The van der Waals surface area contributed by atoms with E-state index < -0.39 is 0 Å². The Morgan fingerprint density at radius 2 is 1.50 bits per heavy atom. The minimum absolute atomic E-state index is 1.10. The third-order valence-corrected chi connectivity index (χ3v) is 5.39. The van der Waals surface area contributed by atoms with Crippen LogP contribution in [-0.4, -0.2) is 4.57 Å². The van der Waals surface area contributed by atoms with Gasteiger partial charge in [0, 0.05) is 28.7 Å². The minimum atomic E-state index is 1.10. The number of hydrogen-bond acceptors (Lipinski definition) is 0. The number of fused-ring (bicyclic) bond motifs is 1. The number of hydrogen-bond donors (Lipinski definition) is 0. The van der Waals surface area contributed by atoms with Gasteiger partial charge in [-0.05, 0) is 30.5 Å². The smallest absolute Gasteiger partial charge is 0.0488 e. The van der Waals surface area contributed by atoms with Crippen molar-refractivity contribution in [1.82, 2.24) is 4.57 Å². The first-order valence-corrected chi connectivity index (χ1v) is 10.1. The van der Waals surface area contributed by atoms with Crippen molar-refractivity contribution in [2.75, 3.05) is 0 Å². The first-order valence-electron chi connectivity index (χ1n) is 10.1. The Morgan fingerprint density at radius 3 is 2.27 bits per heavy atom. The van der Waals surface area contributed by atoms with Crippen molar-refractivity contribution in [1.29, 1.82) is 0 Å². The Hall–Kier alpha value is -2.28.